The largest absolute Gasteiger partial charge is 0.508 e. The molecule has 0 saturated carbocycles. The number of nitrogens with one attached hydrogen (secondary N) is 1. The lowest BCUT2D eigenvalue weighted by Gasteiger charge is -1.99. The van der Waals surface area contributed by atoms with Crippen LogP contribution in [0.2, 0.25) is 0 Å². The topological polar surface area (TPSA) is 117 Å². The highest BCUT2D eigenvalue weighted by Gasteiger charge is 2.27. The molecule has 1 amide bonds. The molecular formula is C15H10N4O4S. The highest BCUT2D eigenvalue weighted by molar-refractivity contribution is 8.29. The number of nitro benzene ring substituents is 1. The molecule has 2 N–H and O–H groups in total. The maximum Gasteiger partial charge on any atom is 0.295 e. The molecule has 1 heterocycles. The third-order valence-electron chi connectivity index (χ3n) is 2.97. The molecule has 1 aliphatic heterocycles. The molecule has 1 saturated heterocycles. The van der Waals surface area contributed by atoms with E-state index in [0.717, 1.165) is 23.9 Å². The molecular weight excluding hydrogens is 332 g/mol. The number of para-hydroxylation sites is 1. The molecule has 3 rings (SSSR count). The van der Waals surface area contributed by atoms with Gasteiger partial charge in [-0.3, -0.25) is 20.2 Å². The minimum Gasteiger partial charge on any atom is -0.508 e. The third-order valence-corrected chi connectivity index (χ3v) is 3.83. The Morgan fingerprint density at radius 1 is 1.12 bits per heavy atom. The fraction of sp³-hybridized carbons (Fsp3) is 0. The maximum absolute atomic E-state index is 12.0. The van der Waals surface area contributed by atoms with E-state index >= 15 is 0 Å². The fourth-order valence-corrected chi connectivity index (χ4v) is 2.69. The van der Waals surface area contributed by atoms with E-state index in [1.807, 2.05) is 18.2 Å². The quantitative estimate of drug-likeness (QED) is 0.657. The molecule has 0 spiro atoms. The summed E-state index contributed by atoms with van der Waals surface area (Å²) in [4.78, 5) is 30.6. The minimum absolute atomic E-state index is 0.0124. The van der Waals surface area contributed by atoms with Crippen molar-refractivity contribution in [1.82, 2.24) is 5.32 Å². The number of hydrogen-bond acceptors (Lipinski definition) is 7. The smallest absolute Gasteiger partial charge is 0.295 e. The van der Waals surface area contributed by atoms with E-state index in [-0.39, 0.29) is 22.2 Å². The van der Waals surface area contributed by atoms with Crippen molar-refractivity contribution >= 4 is 44.9 Å². The number of rotatable bonds is 3. The second-order valence-corrected chi connectivity index (χ2v) is 5.63. The Balaban J connectivity index is 1.92. The van der Waals surface area contributed by atoms with Crippen LogP contribution in [0.1, 0.15) is 0 Å². The lowest BCUT2D eigenvalue weighted by atomic mass is 10.2. The molecule has 0 unspecified atom stereocenters. The Labute approximate surface area is 140 Å². The number of thioether (sulfide) groups is 1. The van der Waals surface area contributed by atoms with Crippen molar-refractivity contribution < 1.29 is 14.8 Å². The Hall–Kier alpha value is -3.20. The van der Waals surface area contributed by atoms with Gasteiger partial charge >= 0.3 is 0 Å². The van der Waals surface area contributed by atoms with Gasteiger partial charge in [-0.1, -0.05) is 18.2 Å². The third kappa shape index (κ3) is 3.41. The maximum atomic E-state index is 12.0. The van der Waals surface area contributed by atoms with Crippen LogP contribution in [0.3, 0.4) is 0 Å². The van der Waals surface area contributed by atoms with Crippen molar-refractivity contribution in [2.75, 3.05) is 0 Å². The van der Waals surface area contributed by atoms with E-state index in [0.29, 0.717) is 10.9 Å². The number of amides is 1. The number of phenols is 1. The first kappa shape index (κ1) is 15.7. The monoisotopic (exact) mass is 342 g/mol. The van der Waals surface area contributed by atoms with Crippen LogP contribution >= 0.6 is 11.8 Å². The zero-order chi connectivity index (χ0) is 17.1. The molecule has 0 bridgehead atoms. The highest BCUT2D eigenvalue weighted by atomic mass is 32.2. The van der Waals surface area contributed by atoms with Crippen LogP contribution in [-0.2, 0) is 4.79 Å². The SMILES string of the molecule is O=C1NC(=Nc2ccccc2)SC1=Nc1cc(O)ccc1[N+](=O)[O-]. The first-order valence-electron chi connectivity index (χ1n) is 6.72. The van der Waals surface area contributed by atoms with Crippen molar-refractivity contribution in [3.8, 4) is 5.75 Å². The van der Waals surface area contributed by atoms with Crippen LogP contribution in [0.5, 0.6) is 5.75 Å². The summed E-state index contributed by atoms with van der Waals surface area (Å²) in [5.74, 6) is -0.686. The predicted octanol–water partition coefficient (Wildman–Crippen LogP) is 2.88. The number of aliphatic imine (C=N–C) groups is 2. The molecule has 9 heteroatoms. The van der Waals surface area contributed by atoms with Gasteiger partial charge in [-0.25, -0.2) is 9.98 Å². The average Bonchev–Trinajstić information content (AvgIpc) is 2.87. The van der Waals surface area contributed by atoms with Crippen molar-refractivity contribution in [3.05, 3.63) is 58.6 Å². The molecule has 2 aromatic carbocycles. The Morgan fingerprint density at radius 2 is 1.88 bits per heavy atom. The van der Waals surface area contributed by atoms with Gasteiger partial charge in [0, 0.05) is 12.1 Å². The summed E-state index contributed by atoms with van der Waals surface area (Å²) in [5, 5.41) is 23.4. The van der Waals surface area contributed by atoms with E-state index in [1.54, 1.807) is 12.1 Å². The van der Waals surface area contributed by atoms with Gasteiger partial charge in [0.1, 0.15) is 11.4 Å². The number of nitro groups is 1. The molecule has 120 valence electrons. The van der Waals surface area contributed by atoms with Crippen LogP contribution in [0, 0.1) is 10.1 Å². The second kappa shape index (κ2) is 6.50. The van der Waals surface area contributed by atoms with Crippen LogP contribution in [0.25, 0.3) is 0 Å². The fourth-order valence-electron chi connectivity index (χ4n) is 1.92. The van der Waals surface area contributed by atoms with Crippen LogP contribution in [-0.4, -0.2) is 26.1 Å². The zero-order valence-corrected chi connectivity index (χ0v) is 12.9. The minimum atomic E-state index is -0.630. The van der Waals surface area contributed by atoms with Crippen molar-refractivity contribution in [3.63, 3.8) is 0 Å². The summed E-state index contributed by atoms with van der Waals surface area (Å²) in [7, 11) is 0. The summed E-state index contributed by atoms with van der Waals surface area (Å²) in [6, 6.07) is 12.5. The van der Waals surface area contributed by atoms with Crippen molar-refractivity contribution in [2.45, 2.75) is 0 Å². The number of nitrogens with zero attached hydrogens (tertiary/aromatic N) is 3. The molecule has 0 radical (unpaired) electrons. The Kier molecular flexibility index (Phi) is 4.25. The molecule has 2 aromatic rings. The first-order valence-corrected chi connectivity index (χ1v) is 7.53. The second-order valence-electron chi connectivity index (χ2n) is 4.66. The van der Waals surface area contributed by atoms with Gasteiger partial charge in [-0.2, -0.15) is 0 Å². The number of carbonyl (C=O) groups is 1. The van der Waals surface area contributed by atoms with Gasteiger partial charge in [0.25, 0.3) is 11.6 Å². The predicted molar refractivity (Wildman–Crippen MR) is 91.1 cm³/mol. The van der Waals surface area contributed by atoms with Gasteiger partial charge in [0.05, 0.1) is 10.6 Å². The van der Waals surface area contributed by atoms with E-state index in [1.165, 1.54) is 6.07 Å². The van der Waals surface area contributed by atoms with Gasteiger partial charge in [-0.05, 0) is 30.0 Å². The van der Waals surface area contributed by atoms with E-state index in [9.17, 15) is 20.0 Å². The summed E-state index contributed by atoms with van der Waals surface area (Å²) < 4.78 is 0. The number of carbonyl (C=O) groups excluding carboxylic acids is 1. The van der Waals surface area contributed by atoms with Gasteiger partial charge in [0.2, 0.25) is 0 Å². The Bertz CT molecular complexity index is 880. The van der Waals surface area contributed by atoms with Crippen LogP contribution < -0.4 is 5.32 Å². The number of aromatic hydroxyl groups is 1. The van der Waals surface area contributed by atoms with Crippen molar-refractivity contribution in [2.24, 2.45) is 9.98 Å². The number of phenolic OH excluding ortho intramolecular Hbond substituents is 1. The molecule has 1 aliphatic rings. The standard InChI is InChI=1S/C15H10N4O4S/c20-10-6-7-12(19(22)23)11(8-10)17-14-13(21)18-15(24-14)16-9-4-2-1-3-5-9/h1-8,20H,(H,16,18,21). The van der Waals surface area contributed by atoms with Gasteiger partial charge < -0.3 is 5.11 Å². The summed E-state index contributed by atoms with van der Waals surface area (Å²) in [5.41, 5.74) is 0.255. The molecule has 8 nitrogen and oxygen atoms in total. The molecule has 0 aliphatic carbocycles. The summed E-state index contributed by atoms with van der Waals surface area (Å²) in [6.45, 7) is 0. The highest BCUT2D eigenvalue weighted by Crippen LogP contribution is 2.32. The lowest BCUT2D eigenvalue weighted by Crippen LogP contribution is -2.22. The van der Waals surface area contributed by atoms with Crippen LogP contribution in [0.15, 0.2) is 58.5 Å². The molecule has 1 fully saturated rings. The van der Waals surface area contributed by atoms with Gasteiger partial charge in [0.15, 0.2) is 10.2 Å². The van der Waals surface area contributed by atoms with E-state index in [4.69, 9.17) is 0 Å². The van der Waals surface area contributed by atoms with E-state index < -0.39 is 10.8 Å². The summed E-state index contributed by atoms with van der Waals surface area (Å²) in [6.07, 6.45) is 0. The van der Waals surface area contributed by atoms with Crippen molar-refractivity contribution in [1.29, 1.82) is 0 Å². The van der Waals surface area contributed by atoms with Gasteiger partial charge in [-0.15, -0.1) is 0 Å². The number of amidine groups is 1. The molecule has 0 atom stereocenters. The average molecular weight is 342 g/mol. The van der Waals surface area contributed by atoms with E-state index in [2.05, 4.69) is 15.3 Å². The molecule has 0 aromatic heterocycles. The normalized spacial score (nSPS) is 17.2. The first-order chi connectivity index (χ1) is 11.5. The zero-order valence-electron chi connectivity index (χ0n) is 12.0. The number of benzene rings is 2. The summed E-state index contributed by atoms with van der Waals surface area (Å²) >= 11 is 0.970. The lowest BCUT2D eigenvalue weighted by molar-refractivity contribution is -0.384. The van der Waals surface area contributed by atoms with Crippen LogP contribution in [0.4, 0.5) is 17.1 Å². The number of hydrogen-bond donors (Lipinski definition) is 2. The molecule has 24 heavy (non-hydrogen) atoms. The Morgan fingerprint density at radius 3 is 2.58 bits per heavy atom.